The number of hydrogen-bond acceptors (Lipinski definition) is 5. The van der Waals surface area contributed by atoms with E-state index in [-0.39, 0.29) is 11.4 Å². The first kappa shape index (κ1) is 12.9. The Labute approximate surface area is 109 Å². The number of methoxy groups -OCH3 is 1. The molecule has 0 fully saturated rings. The number of nitro groups is 1. The first-order valence-electron chi connectivity index (χ1n) is 5.67. The molecular formula is C12H14N4O3. The molecule has 2 N–H and O–H groups in total. The van der Waals surface area contributed by atoms with Gasteiger partial charge in [0.05, 0.1) is 30.5 Å². The van der Waals surface area contributed by atoms with Gasteiger partial charge in [-0.1, -0.05) is 0 Å². The van der Waals surface area contributed by atoms with Crippen molar-refractivity contribution in [2.75, 3.05) is 12.4 Å². The minimum absolute atomic E-state index is 0.0618. The van der Waals surface area contributed by atoms with Gasteiger partial charge in [-0.25, -0.2) is 4.98 Å². The first-order chi connectivity index (χ1) is 9.10. The molecule has 0 saturated heterocycles. The van der Waals surface area contributed by atoms with Crippen LogP contribution in [0.3, 0.4) is 0 Å². The van der Waals surface area contributed by atoms with E-state index < -0.39 is 4.92 Å². The molecule has 2 aromatic rings. The molecule has 7 heteroatoms. The van der Waals surface area contributed by atoms with Crippen LogP contribution in [0.2, 0.25) is 0 Å². The molecule has 1 aromatic carbocycles. The van der Waals surface area contributed by atoms with Crippen LogP contribution in [0.1, 0.15) is 11.5 Å². The van der Waals surface area contributed by atoms with Crippen molar-refractivity contribution in [3.8, 4) is 5.75 Å². The molecule has 0 atom stereocenters. The molecule has 1 aromatic heterocycles. The van der Waals surface area contributed by atoms with Gasteiger partial charge in [-0.2, -0.15) is 0 Å². The summed E-state index contributed by atoms with van der Waals surface area (Å²) in [5.41, 5.74) is 1.50. The van der Waals surface area contributed by atoms with E-state index in [0.29, 0.717) is 12.2 Å². The quantitative estimate of drug-likeness (QED) is 0.636. The SMILES string of the molecule is COc1ccc(NCc2cnc(C)[nH]2)cc1[N+](=O)[O-]. The van der Waals surface area contributed by atoms with E-state index in [1.54, 1.807) is 18.3 Å². The molecule has 0 aliphatic carbocycles. The van der Waals surface area contributed by atoms with Crippen molar-refractivity contribution in [3.05, 3.63) is 46.0 Å². The minimum atomic E-state index is -0.468. The lowest BCUT2D eigenvalue weighted by atomic mass is 10.2. The smallest absolute Gasteiger partial charge is 0.312 e. The average Bonchev–Trinajstić information content (AvgIpc) is 2.81. The van der Waals surface area contributed by atoms with Crippen LogP contribution >= 0.6 is 0 Å². The fourth-order valence-electron chi connectivity index (χ4n) is 1.70. The Bertz CT molecular complexity index is 594. The third kappa shape index (κ3) is 3.01. The van der Waals surface area contributed by atoms with E-state index in [0.717, 1.165) is 11.5 Å². The van der Waals surface area contributed by atoms with E-state index >= 15 is 0 Å². The molecule has 0 radical (unpaired) electrons. The number of benzene rings is 1. The maximum Gasteiger partial charge on any atom is 0.312 e. The Morgan fingerprint density at radius 1 is 1.53 bits per heavy atom. The second-order valence-corrected chi connectivity index (χ2v) is 3.99. The lowest BCUT2D eigenvalue weighted by Crippen LogP contribution is -2.01. The van der Waals surface area contributed by atoms with Crippen molar-refractivity contribution in [3.63, 3.8) is 0 Å². The molecule has 0 aliphatic rings. The van der Waals surface area contributed by atoms with E-state index in [4.69, 9.17) is 4.74 Å². The van der Waals surface area contributed by atoms with Gasteiger partial charge in [0.15, 0.2) is 5.75 Å². The summed E-state index contributed by atoms with van der Waals surface area (Å²) in [6.45, 7) is 2.38. The summed E-state index contributed by atoms with van der Waals surface area (Å²) in [7, 11) is 1.41. The summed E-state index contributed by atoms with van der Waals surface area (Å²) in [5.74, 6) is 1.07. The maximum atomic E-state index is 10.9. The predicted octanol–water partition coefficient (Wildman–Crippen LogP) is 2.25. The molecule has 1 heterocycles. The summed E-state index contributed by atoms with van der Waals surface area (Å²) in [5, 5.41) is 14.0. The number of nitrogens with one attached hydrogen (secondary N) is 2. The lowest BCUT2D eigenvalue weighted by Gasteiger charge is -2.07. The van der Waals surface area contributed by atoms with Gasteiger partial charge < -0.3 is 15.0 Å². The highest BCUT2D eigenvalue weighted by molar-refractivity contribution is 5.58. The predicted molar refractivity (Wildman–Crippen MR) is 70.3 cm³/mol. The Morgan fingerprint density at radius 2 is 2.32 bits per heavy atom. The maximum absolute atomic E-state index is 10.9. The van der Waals surface area contributed by atoms with Crippen LogP contribution in [0.5, 0.6) is 5.75 Å². The van der Waals surface area contributed by atoms with Gasteiger partial charge >= 0.3 is 5.69 Å². The van der Waals surface area contributed by atoms with Crippen molar-refractivity contribution in [1.82, 2.24) is 9.97 Å². The molecule has 0 saturated carbocycles. The molecule has 0 amide bonds. The normalized spacial score (nSPS) is 10.2. The summed E-state index contributed by atoms with van der Waals surface area (Å²) in [4.78, 5) is 17.6. The molecule has 0 spiro atoms. The average molecular weight is 262 g/mol. The van der Waals surface area contributed by atoms with Gasteiger partial charge in [-0.3, -0.25) is 10.1 Å². The molecular weight excluding hydrogens is 248 g/mol. The molecule has 0 aliphatic heterocycles. The van der Waals surface area contributed by atoms with Crippen LogP contribution in [0.15, 0.2) is 24.4 Å². The van der Waals surface area contributed by atoms with Gasteiger partial charge in [0.25, 0.3) is 0 Å². The number of nitrogens with zero attached hydrogens (tertiary/aromatic N) is 2. The second kappa shape index (κ2) is 5.38. The number of aryl methyl sites for hydroxylation is 1. The van der Waals surface area contributed by atoms with Crippen LogP contribution in [0.4, 0.5) is 11.4 Å². The Kier molecular flexibility index (Phi) is 3.65. The molecule has 2 rings (SSSR count). The number of rotatable bonds is 5. The molecule has 0 bridgehead atoms. The van der Waals surface area contributed by atoms with Crippen molar-refractivity contribution >= 4 is 11.4 Å². The van der Waals surface area contributed by atoms with Crippen LogP contribution in [-0.4, -0.2) is 22.0 Å². The molecule has 7 nitrogen and oxygen atoms in total. The third-order valence-corrected chi connectivity index (χ3v) is 2.61. The monoisotopic (exact) mass is 262 g/mol. The zero-order chi connectivity index (χ0) is 13.8. The van der Waals surface area contributed by atoms with Gasteiger partial charge in [0.1, 0.15) is 5.82 Å². The highest BCUT2D eigenvalue weighted by atomic mass is 16.6. The summed E-state index contributed by atoms with van der Waals surface area (Å²) >= 11 is 0. The second-order valence-electron chi connectivity index (χ2n) is 3.99. The van der Waals surface area contributed by atoms with Gasteiger partial charge in [0.2, 0.25) is 0 Å². The molecule has 19 heavy (non-hydrogen) atoms. The fourth-order valence-corrected chi connectivity index (χ4v) is 1.70. The summed E-state index contributed by atoms with van der Waals surface area (Å²) in [6, 6.07) is 4.75. The summed E-state index contributed by atoms with van der Waals surface area (Å²) in [6.07, 6.45) is 1.72. The van der Waals surface area contributed by atoms with E-state index in [2.05, 4.69) is 15.3 Å². The highest BCUT2D eigenvalue weighted by Gasteiger charge is 2.14. The standard InChI is InChI=1S/C12H14N4O3/c1-8-13-6-10(15-8)7-14-9-3-4-12(19-2)11(5-9)16(17)18/h3-6,14H,7H2,1-2H3,(H,13,15). The van der Waals surface area contributed by atoms with Gasteiger partial charge in [-0.15, -0.1) is 0 Å². The van der Waals surface area contributed by atoms with Crippen molar-refractivity contribution in [2.24, 2.45) is 0 Å². The number of hydrogen-bond donors (Lipinski definition) is 2. The van der Waals surface area contributed by atoms with Crippen molar-refractivity contribution in [2.45, 2.75) is 13.5 Å². The van der Waals surface area contributed by atoms with Crippen molar-refractivity contribution < 1.29 is 9.66 Å². The third-order valence-electron chi connectivity index (χ3n) is 2.61. The van der Waals surface area contributed by atoms with Crippen molar-refractivity contribution in [1.29, 1.82) is 0 Å². The van der Waals surface area contributed by atoms with Gasteiger partial charge in [0, 0.05) is 11.8 Å². The number of imidazole rings is 1. The van der Waals surface area contributed by atoms with Crippen LogP contribution in [0.25, 0.3) is 0 Å². The number of anilines is 1. The van der Waals surface area contributed by atoms with Crippen LogP contribution < -0.4 is 10.1 Å². The number of nitro benzene ring substituents is 1. The Morgan fingerprint density at radius 3 is 2.89 bits per heavy atom. The van der Waals surface area contributed by atoms with E-state index in [1.807, 2.05) is 6.92 Å². The van der Waals surface area contributed by atoms with E-state index in [9.17, 15) is 10.1 Å². The highest BCUT2D eigenvalue weighted by Crippen LogP contribution is 2.29. The topological polar surface area (TPSA) is 93.1 Å². The van der Waals surface area contributed by atoms with Crippen LogP contribution in [0, 0.1) is 17.0 Å². The van der Waals surface area contributed by atoms with E-state index in [1.165, 1.54) is 13.2 Å². The number of H-pyrrole nitrogens is 1. The Hall–Kier alpha value is -2.57. The largest absolute Gasteiger partial charge is 0.490 e. The first-order valence-corrected chi connectivity index (χ1v) is 5.67. The number of ether oxygens (including phenoxy) is 1. The molecule has 100 valence electrons. The minimum Gasteiger partial charge on any atom is -0.490 e. The van der Waals surface area contributed by atoms with Crippen LogP contribution in [-0.2, 0) is 6.54 Å². The number of aromatic amines is 1. The lowest BCUT2D eigenvalue weighted by molar-refractivity contribution is -0.385. The summed E-state index contributed by atoms with van der Waals surface area (Å²) < 4.78 is 4.94. The zero-order valence-corrected chi connectivity index (χ0v) is 10.6. The zero-order valence-electron chi connectivity index (χ0n) is 10.6. The van der Waals surface area contributed by atoms with Gasteiger partial charge in [-0.05, 0) is 19.1 Å². The Balaban J connectivity index is 2.12. The fraction of sp³-hybridized carbons (Fsp3) is 0.250. The number of aromatic nitrogens is 2. The molecule has 0 unspecified atom stereocenters.